The first-order chi connectivity index (χ1) is 8.14. The molecule has 102 valence electrons. The number of nitrogens with zero attached hydrogens (tertiary/aromatic N) is 2. The molecular formula is C14H32N2Si. The highest BCUT2D eigenvalue weighted by molar-refractivity contribution is 6.40. The van der Waals surface area contributed by atoms with Gasteiger partial charge in [-0.25, -0.2) is 0 Å². The third-order valence-corrected chi connectivity index (χ3v) is 4.63. The van der Waals surface area contributed by atoms with Crippen molar-refractivity contribution in [3.63, 3.8) is 0 Å². The van der Waals surface area contributed by atoms with Crippen LogP contribution in [0.25, 0.3) is 0 Å². The van der Waals surface area contributed by atoms with Crippen LogP contribution in [0.4, 0.5) is 0 Å². The minimum Gasteiger partial charge on any atom is -0.288 e. The van der Waals surface area contributed by atoms with Crippen LogP contribution in [0.3, 0.4) is 0 Å². The second-order valence-corrected chi connectivity index (χ2v) is 5.81. The van der Waals surface area contributed by atoms with Gasteiger partial charge in [0.25, 0.3) is 0 Å². The van der Waals surface area contributed by atoms with Crippen molar-refractivity contribution in [1.82, 2.24) is 9.80 Å². The molecule has 0 aromatic carbocycles. The Morgan fingerprint density at radius 1 is 1.00 bits per heavy atom. The van der Waals surface area contributed by atoms with E-state index in [1.165, 1.54) is 6.42 Å². The smallest absolute Gasteiger partial charge is 0.0659 e. The molecule has 0 heterocycles. The van der Waals surface area contributed by atoms with Gasteiger partial charge in [-0.2, -0.15) is 0 Å². The van der Waals surface area contributed by atoms with Gasteiger partial charge < -0.3 is 0 Å². The normalized spacial score (nSPS) is 13.8. The van der Waals surface area contributed by atoms with Crippen LogP contribution in [0.2, 0.25) is 6.55 Å². The minimum absolute atomic E-state index is 0.0502. The van der Waals surface area contributed by atoms with Crippen LogP contribution in [-0.2, 0) is 0 Å². The van der Waals surface area contributed by atoms with E-state index in [2.05, 4.69) is 56.7 Å². The van der Waals surface area contributed by atoms with Gasteiger partial charge in [0.1, 0.15) is 0 Å². The average molecular weight is 257 g/mol. The third kappa shape index (κ3) is 5.84. The Labute approximate surface area is 111 Å². The molecule has 0 aromatic rings. The zero-order valence-corrected chi connectivity index (χ0v) is 14.2. The third-order valence-electron chi connectivity index (χ3n) is 3.52. The van der Waals surface area contributed by atoms with Gasteiger partial charge in [-0.3, -0.25) is 9.80 Å². The first-order valence-electron chi connectivity index (χ1n) is 7.28. The molecule has 0 fully saturated rings. The Balaban J connectivity index is 4.76. The summed E-state index contributed by atoms with van der Waals surface area (Å²) in [7, 11) is 0.0502. The SMILES string of the molecule is CCN(CC)C(CC(C)=C[SiH2]C)N(CC)CC. The number of rotatable bonds is 9. The van der Waals surface area contributed by atoms with Crippen LogP contribution >= 0.6 is 0 Å². The van der Waals surface area contributed by atoms with Gasteiger partial charge >= 0.3 is 0 Å². The van der Waals surface area contributed by atoms with Gasteiger partial charge in [0.05, 0.1) is 6.17 Å². The van der Waals surface area contributed by atoms with Crippen LogP contribution in [0.15, 0.2) is 11.3 Å². The lowest BCUT2D eigenvalue weighted by Crippen LogP contribution is -2.48. The number of hydrogen-bond acceptors (Lipinski definition) is 2. The number of hydrogen-bond donors (Lipinski definition) is 0. The molecule has 17 heavy (non-hydrogen) atoms. The first-order valence-corrected chi connectivity index (χ1v) is 9.51. The van der Waals surface area contributed by atoms with E-state index < -0.39 is 0 Å². The highest BCUT2D eigenvalue weighted by atomic mass is 28.2. The molecule has 0 rings (SSSR count). The summed E-state index contributed by atoms with van der Waals surface area (Å²) in [6, 6.07) is 0. The van der Waals surface area contributed by atoms with Gasteiger partial charge in [-0.15, -0.1) is 5.70 Å². The fourth-order valence-electron chi connectivity index (χ4n) is 2.50. The summed E-state index contributed by atoms with van der Waals surface area (Å²) in [5, 5.41) is 0. The van der Waals surface area contributed by atoms with E-state index in [9.17, 15) is 0 Å². The summed E-state index contributed by atoms with van der Waals surface area (Å²) < 4.78 is 0. The summed E-state index contributed by atoms with van der Waals surface area (Å²) in [4.78, 5) is 5.17. The maximum Gasteiger partial charge on any atom is 0.0659 e. The maximum atomic E-state index is 2.58. The lowest BCUT2D eigenvalue weighted by atomic mass is 10.1. The average Bonchev–Trinajstić information content (AvgIpc) is 2.32. The van der Waals surface area contributed by atoms with Gasteiger partial charge in [0, 0.05) is 9.52 Å². The lowest BCUT2D eigenvalue weighted by Gasteiger charge is -2.38. The molecule has 0 aromatic heterocycles. The molecule has 0 aliphatic heterocycles. The molecule has 2 nitrogen and oxygen atoms in total. The lowest BCUT2D eigenvalue weighted by molar-refractivity contribution is 0.0570. The van der Waals surface area contributed by atoms with Gasteiger partial charge in [-0.05, 0) is 39.5 Å². The van der Waals surface area contributed by atoms with E-state index in [1.807, 2.05) is 0 Å². The van der Waals surface area contributed by atoms with E-state index >= 15 is 0 Å². The zero-order chi connectivity index (χ0) is 13.3. The molecule has 0 N–H and O–H groups in total. The van der Waals surface area contributed by atoms with Gasteiger partial charge in [0.15, 0.2) is 0 Å². The summed E-state index contributed by atoms with van der Waals surface area (Å²) >= 11 is 0. The van der Waals surface area contributed by atoms with Crippen molar-refractivity contribution in [1.29, 1.82) is 0 Å². The van der Waals surface area contributed by atoms with Crippen LogP contribution in [0.5, 0.6) is 0 Å². The van der Waals surface area contributed by atoms with Crippen molar-refractivity contribution in [3.05, 3.63) is 11.3 Å². The molecule has 0 saturated heterocycles. The predicted molar refractivity (Wildman–Crippen MR) is 82.4 cm³/mol. The monoisotopic (exact) mass is 256 g/mol. The van der Waals surface area contributed by atoms with Crippen molar-refractivity contribution < 1.29 is 0 Å². The Bertz CT molecular complexity index is 196. The molecule has 0 saturated carbocycles. The van der Waals surface area contributed by atoms with Crippen LogP contribution < -0.4 is 0 Å². The predicted octanol–water partition coefficient (Wildman–Crippen LogP) is 2.51. The highest BCUT2D eigenvalue weighted by Crippen LogP contribution is 2.15. The van der Waals surface area contributed by atoms with Crippen molar-refractivity contribution in [2.45, 2.75) is 53.8 Å². The summed E-state index contributed by atoms with van der Waals surface area (Å²) in [5.74, 6) is 0. The molecular weight excluding hydrogens is 224 g/mol. The molecule has 3 heteroatoms. The van der Waals surface area contributed by atoms with Crippen molar-refractivity contribution >= 4 is 9.52 Å². The van der Waals surface area contributed by atoms with E-state index in [4.69, 9.17) is 0 Å². The van der Waals surface area contributed by atoms with Crippen LogP contribution in [-0.4, -0.2) is 51.7 Å². The maximum absolute atomic E-state index is 2.58. The van der Waals surface area contributed by atoms with Crippen LogP contribution in [0.1, 0.15) is 41.0 Å². The van der Waals surface area contributed by atoms with Crippen LogP contribution in [0, 0.1) is 0 Å². The Kier molecular flexibility index (Phi) is 9.79. The van der Waals surface area contributed by atoms with E-state index in [0.717, 1.165) is 26.2 Å². The zero-order valence-electron chi connectivity index (χ0n) is 12.8. The molecule has 0 unspecified atom stereocenters. The van der Waals surface area contributed by atoms with Gasteiger partial charge in [-0.1, -0.05) is 39.8 Å². The molecule has 0 radical (unpaired) electrons. The van der Waals surface area contributed by atoms with E-state index in [0.29, 0.717) is 6.17 Å². The van der Waals surface area contributed by atoms with E-state index in [1.54, 1.807) is 5.57 Å². The van der Waals surface area contributed by atoms with Crippen molar-refractivity contribution in [2.24, 2.45) is 0 Å². The molecule has 0 atom stereocenters. The highest BCUT2D eigenvalue weighted by Gasteiger charge is 2.21. The molecule has 0 aliphatic carbocycles. The summed E-state index contributed by atoms with van der Waals surface area (Å²) in [5.41, 5.74) is 4.09. The Hall–Kier alpha value is -0.123. The Morgan fingerprint density at radius 2 is 1.41 bits per heavy atom. The second-order valence-electron chi connectivity index (χ2n) is 4.59. The van der Waals surface area contributed by atoms with Gasteiger partial charge in [0.2, 0.25) is 0 Å². The molecule has 0 aliphatic rings. The topological polar surface area (TPSA) is 6.48 Å². The Morgan fingerprint density at radius 3 is 1.71 bits per heavy atom. The standard InChI is InChI=1S/C14H32N2Si/c1-7-15(8-2)14(16(9-3)10-4)11-13(5)12-17-6/h12,14H,7-11,17H2,1-6H3. The van der Waals surface area contributed by atoms with E-state index in [-0.39, 0.29) is 9.52 Å². The first kappa shape index (κ1) is 16.9. The fraction of sp³-hybridized carbons (Fsp3) is 0.857. The molecule has 0 amide bonds. The largest absolute Gasteiger partial charge is 0.288 e. The summed E-state index contributed by atoms with van der Waals surface area (Å²) in [6.45, 7) is 18.3. The molecule has 0 bridgehead atoms. The van der Waals surface area contributed by atoms with Crippen molar-refractivity contribution in [2.75, 3.05) is 26.2 Å². The van der Waals surface area contributed by atoms with Crippen molar-refractivity contribution in [3.8, 4) is 0 Å². The molecule has 0 spiro atoms. The summed E-state index contributed by atoms with van der Waals surface area (Å²) in [6.07, 6.45) is 1.81. The quantitative estimate of drug-likeness (QED) is 0.462. The fourth-order valence-corrected chi connectivity index (χ4v) is 3.36. The minimum atomic E-state index is 0.0502. The second kappa shape index (κ2) is 9.86.